The zero-order valence-corrected chi connectivity index (χ0v) is 7.97. The van der Waals surface area contributed by atoms with Crippen molar-refractivity contribution in [3.63, 3.8) is 0 Å². The quantitative estimate of drug-likeness (QED) is 0.772. The van der Waals surface area contributed by atoms with Crippen molar-refractivity contribution in [1.29, 1.82) is 0 Å². The molecule has 1 heterocycles. The lowest BCUT2D eigenvalue weighted by Crippen LogP contribution is -1.85. The first kappa shape index (κ1) is 9.30. The number of rotatable bonds is 2. The first-order chi connectivity index (χ1) is 6.76. The Morgan fingerprint density at radius 3 is 2.93 bits per heavy atom. The maximum Gasteiger partial charge on any atom is 0.150 e. The molecular formula is C10H7FO2S. The third-order valence-corrected chi connectivity index (χ3v) is 3.09. The fourth-order valence-corrected chi connectivity index (χ4v) is 2.31. The van der Waals surface area contributed by atoms with Gasteiger partial charge in [0.1, 0.15) is 12.1 Å². The van der Waals surface area contributed by atoms with E-state index in [2.05, 4.69) is 0 Å². The number of fused-ring (bicyclic) bond motifs is 1. The first-order valence-electron chi connectivity index (χ1n) is 4.02. The molecule has 0 aliphatic carbocycles. The average Bonchev–Trinajstić information content (AvgIpc) is 2.61. The second kappa shape index (κ2) is 3.48. The topological polar surface area (TPSA) is 37.3 Å². The number of aliphatic hydroxyl groups excluding tert-OH is 1. The van der Waals surface area contributed by atoms with E-state index < -0.39 is 5.82 Å². The lowest BCUT2D eigenvalue weighted by Gasteiger charge is -1.96. The van der Waals surface area contributed by atoms with Gasteiger partial charge in [0.05, 0.1) is 11.3 Å². The molecule has 2 rings (SSSR count). The van der Waals surface area contributed by atoms with Gasteiger partial charge in [0.15, 0.2) is 0 Å². The van der Waals surface area contributed by atoms with Crippen molar-refractivity contribution in [2.24, 2.45) is 0 Å². The van der Waals surface area contributed by atoms with Gasteiger partial charge in [0.2, 0.25) is 0 Å². The second-order valence-corrected chi connectivity index (χ2v) is 3.80. The highest BCUT2D eigenvalue weighted by atomic mass is 32.1. The van der Waals surface area contributed by atoms with Gasteiger partial charge in [-0.05, 0) is 23.1 Å². The summed E-state index contributed by atoms with van der Waals surface area (Å²) in [5, 5.41) is 11.3. The number of aldehydes is 1. The Hall–Kier alpha value is -1.26. The first-order valence-corrected chi connectivity index (χ1v) is 4.90. The van der Waals surface area contributed by atoms with Gasteiger partial charge in [0, 0.05) is 10.9 Å². The number of carbonyl (C=O) groups is 1. The maximum absolute atomic E-state index is 13.4. The van der Waals surface area contributed by atoms with Crippen LogP contribution in [-0.2, 0) is 6.61 Å². The fourth-order valence-electron chi connectivity index (χ4n) is 1.36. The molecule has 1 N–H and O–H groups in total. The minimum absolute atomic E-state index is 0.137. The van der Waals surface area contributed by atoms with Crippen LogP contribution in [0.2, 0.25) is 0 Å². The van der Waals surface area contributed by atoms with Gasteiger partial charge in [0.25, 0.3) is 0 Å². The normalized spacial score (nSPS) is 10.7. The molecule has 0 aliphatic heterocycles. The van der Waals surface area contributed by atoms with Crippen LogP contribution < -0.4 is 0 Å². The minimum atomic E-state index is -0.408. The Bertz CT molecular complexity index is 490. The average molecular weight is 210 g/mol. The van der Waals surface area contributed by atoms with Crippen LogP contribution in [0.15, 0.2) is 17.5 Å². The monoisotopic (exact) mass is 210 g/mol. The molecule has 1 aromatic heterocycles. The van der Waals surface area contributed by atoms with E-state index in [-0.39, 0.29) is 6.61 Å². The fraction of sp³-hybridized carbons (Fsp3) is 0.100. The predicted molar refractivity (Wildman–Crippen MR) is 53.1 cm³/mol. The Kier molecular flexibility index (Phi) is 2.31. The van der Waals surface area contributed by atoms with Crippen molar-refractivity contribution in [2.75, 3.05) is 0 Å². The highest BCUT2D eigenvalue weighted by Gasteiger charge is 2.09. The molecule has 72 valence electrons. The summed E-state index contributed by atoms with van der Waals surface area (Å²) in [6, 6.07) is 2.79. The van der Waals surface area contributed by atoms with E-state index in [1.54, 1.807) is 11.4 Å². The summed E-state index contributed by atoms with van der Waals surface area (Å²) in [4.78, 5) is 10.5. The molecule has 2 nitrogen and oxygen atoms in total. The second-order valence-electron chi connectivity index (χ2n) is 2.92. The van der Waals surface area contributed by atoms with Crippen molar-refractivity contribution in [3.8, 4) is 0 Å². The molecule has 4 heteroatoms. The van der Waals surface area contributed by atoms with Crippen molar-refractivity contribution >= 4 is 27.7 Å². The number of thiophene rings is 1. The number of aliphatic hydroxyl groups is 1. The highest BCUT2D eigenvalue weighted by molar-refractivity contribution is 7.17. The maximum atomic E-state index is 13.4. The van der Waals surface area contributed by atoms with Crippen LogP contribution in [0.5, 0.6) is 0 Å². The molecular weight excluding hydrogens is 203 g/mol. The molecule has 0 spiro atoms. The van der Waals surface area contributed by atoms with Crippen molar-refractivity contribution < 1.29 is 14.3 Å². The van der Waals surface area contributed by atoms with Crippen molar-refractivity contribution in [1.82, 2.24) is 0 Å². The molecule has 1 aromatic carbocycles. The summed E-state index contributed by atoms with van der Waals surface area (Å²) < 4.78 is 13.8. The number of hydrogen-bond acceptors (Lipinski definition) is 3. The number of halogens is 1. The molecule has 0 saturated carbocycles. The summed E-state index contributed by atoms with van der Waals surface area (Å²) in [5.74, 6) is -0.408. The SMILES string of the molecule is O=Cc1cc(F)c2scc(CO)c2c1. The van der Waals surface area contributed by atoms with E-state index in [0.29, 0.717) is 27.5 Å². The standard InChI is InChI=1S/C10H7FO2S/c11-9-2-6(3-12)1-8-7(4-13)5-14-10(8)9/h1-3,5,13H,4H2. The number of hydrogen-bond donors (Lipinski definition) is 1. The van der Waals surface area contributed by atoms with Gasteiger partial charge in [-0.15, -0.1) is 11.3 Å². The van der Waals surface area contributed by atoms with Gasteiger partial charge in [-0.1, -0.05) is 0 Å². The van der Waals surface area contributed by atoms with Crippen LogP contribution in [0.1, 0.15) is 15.9 Å². The number of carbonyl (C=O) groups excluding carboxylic acids is 1. The summed E-state index contributed by atoms with van der Waals surface area (Å²) in [6.45, 7) is -0.137. The molecule has 0 amide bonds. The van der Waals surface area contributed by atoms with Gasteiger partial charge < -0.3 is 5.11 Å². The van der Waals surface area contributed by atoms with Crippen LogP contribution in [-0.4, -0.2) is 11.4 Å². The van der Waals surface area contributed by atoms with Crippen molar-refractivity contribution in [2.45, 2.75) is 6.61 Å². The Morgan fingerprint density at radius 1 is 1.50 bits per heavy atom. The molecule has 2 aromatic rings. The summed E-state index contributed by atoms with van der Waals surface area (Å²) >= 11 is 1.23. The predicted octanol–water partition coefficient (Wildman–Crippen LogP) is 2.35. The third kappa shape index (κ3) is 1.32. The largest absolute Gasteiger partial charge is 0.392 e. The van der Waals surface area contributed by atoms with E-state index >= 15 is 0 Å². The van der Waals surface area contributed by atoms with Gasteiger partial charge in [-0.25, -0.2) is 4.39 Å². The van der Waals surface area contributed by atoms with Gasteiger partial charge >= 0.3 is 0 Å². The van der Waals surface area contributed by atoms with Gasteiger partial charge in [-0.2, -0.15) is 0 Å². The smallest absolute Gasteiger partial charge is 0.150 e. The third-order valence-electron chi connectivity index (χ3n) is 2.04. The van der Waals surface area contributed by atoms with Crippen LogP contribution >= 0.6 is 11.3 Å². The van der Waals surface area contributed by atoms with E-state index in [1.165, 1.54) is 17.4 Å². The Labute approximate surface area is 83.6 Å². The van der Waals surface area contributed by atoms with Crippen LogP contribution in [0.4, 0.5) is 4.39 Å². The molecule has 0 bridgehead atoms. The zero-order valence-electron chi connectivity index (χ0n) is 7.16. The molecule has 0 fully saturated rings. The molecule has 0 saturated heterocycles. The molecule has 0 atom stereocenters. The molecule has 0 aliphatic rings. The summed E-state index contributed by atoms with van der Waals surface area (Å²) in [6.07, 6.45) is 0.599. The molecule has 0 unspecified atom stereocenters. The Morgan fingerprint density at radius 2 is 2.29 bits per heavy atom. The summed E-state index contributed by atoms with van der Waals surface area (Å²) in [7, 11) is 0. The zero-order chi connectivity index (χ0) is 10.1. The highest BCUT2D eigenvalue weighted by Crippen LogP contribution is 2.29. The summed E-state index contributed by atoms with van der Waals surface area (Å²) in [5.41, 5.74) is 0.954. The van der Waals surface area contributed by atoms with Crippen LogP contribution in [0.3, 0.4) is 0 Å². The van der Waals surface area contributed by atoms with Gasteiger partial charge in [-0.3, -0.25) is 4.79 Å². The van der Waals surface area contributed by atoms with Crippen LogP contribution in [0.25, 0.3) is 10.1 Å². The Balaban J connectivity index is 2.79. The number of benzene rings is 1. The van der Waals surface area contributed by atoms with E-state index in [4.69, 9.17) is 5.11 Å². The van der Waals surface area contributed by atoms with E-state index in [1.807, 2.05) is 0 Å². The lowest BCUT2D eigenvalue weighted by molar-refractivity contribution is 0.112. The molecule has 0 radical (unpaired) electrons. The molecule has 14 heavy (non-hydrogen) atoms. The van der Waals surface area contributed by atoms with E-state index in [9.17, 15) is 9.18 Å². The lowest BCUT2D eigenvalue weighted by atomic mass is 10.1. The minimum Gasteiger partial charge on any atom is -0.392 e. The van der Waals surface area contributed by atoms with Crippen LogP contribution in [0, 0.1) is 5.82 Å². The van der Waals surface area contributed by atoms with Crippen molar-refractivity contribution in [3.05, 3.63) is 34.5 Å². The van der Waals surface area contributed by atoms with E-state index in [0.717, 1.165) is 0 Å².